The Balaban J connectivity index is 2.23. The van der Waals surface area contributed by atoms with Gasteiger partial charge in [0.05, 0.1) is 9.26 Å². The Hall–Kier alpha value is -1.47. The Kier molecular flexibility index (Phi) is 4.21. The third-order valence-corrected chi connectivity index (χ3v) is 5.11. The second-order valence-electron chi connectivity index (χ2n) is 4.64. The van der Waals surface area contributed by atoms with Gasteiger partial charge in [0.2, 0.25) is 0 Å². The van der Waals surface area contributed by atoms with E-state index in [0.29, 0.717) is 0 Å². The van der Waals surface area contributed by atoms with Crippen LogP contribution in [0.3, 0.4) is 0 Å². The number of aryl methyl sites for hydroxylation is 1. The quantitative estimate of drug-likeness (QED) is 0.633. The summed E-state index contributed by atoms with van der Waals surface area (Å²) < 4.78 is 1.04. The number of thiophene rings is 1. The fourth-order valence-corrected chi connectivity index (χ4v) is 3.76. The predicted octanol–water partition coefficient (Wildman–Crippen LogP) is 4.83. The van der Waals surface area contributed by atoms with Crippen molar-refractivity contribution in [2.45, 2.75) is 6.92 Å². The Bertz CT molecular complexity index is 768. The van der Waals surface area contributed by atoms with Crippen LogP contribution in [0.4, 0.5) is 5.82 Å². The van der Waals surface area contributed by atoms with Crippen LogP contribution in [0.2, 0.25) is 0 Å². The summed E-state index contributed by atoms with van der Waals surface area (Å²) in [6.45, 7) is 2.09. The van der Waals surface area contributed by atoms with Crippen LogP contribution < -0.4 is 5.32 Å². The summed E-state index contributed by atoms with van der Waals surface area (Å²) >= 11 is 3.98. The zero-order valence-corrected chi connectivity index (χ0v) is 14.7. The van der Waals surface area contributed by atoms with Crippen molar-refractivity contribution in [1.82, 2.24) is 9.97 Å². The van der Waals surface area contributed by atoms with Crippen molar-refractivity contribution in [3.8, 4) is 22.6 Å². The van der Waals surface area contributed by atoms with Crippen LogP contribution in [0.5, 0.6) is 0 Å². The topological polar surface area (TPSA) is 37.8 Å². The van der Waals surface area contributed by atoms with Crippen LogP contribution in [0.15, 0.2) is 41.1 Å². The lowest BCUT2D eigenvalue weighted by molar-refractivity contribution is 1.15. The Morgan fingerprint density at radius 2 is 1.86 bits per heavy atom. The molecule has 0 radical (unpaired) electrons. The van der Waals surface area contributed by atoms with Crippen LogP contribution in [-0.2, 0) is 0 Å². The molecule has 0 atom stereocenters. The van der Waals surface area contributed by atoms with Crippen LogP contribution >= 0.6 is 33.9 Å². The van der Waals surface area contributed by atoms with Crippen molar-refractivity contribution in [3.05, 3.63) is 50.2 Å². The van der Waals surface area contributed by atoms with E-state index in [1.807, 2.05) is 25.2 Å². The predicted molar refractivity (Wildman–Crippen MR) is 97.8 cm³/mol. The molecule has 3 nitrogen and oxygen atoms in total. The Labute approximate surface area is 141 Å². The van der Waals surface area contributed by atoms with Gasteiger partial charge in [-0.25, -0.2) is 9.97 Å². The minimum atomic E-state index is 0.775. The fraction of sp³-hybridized carbons (Fsp3) is 0.125. The SMILES string of the molecule is CNc1nc(-c2cscc2C)nc(-c2ccccc2)c1I. The first-order chi connectivity index (χ1) is 10.2. The van der Waals surface area contributed by atoms with Gasteiger partial charge in [-0.3, -0.25) is 0 Å². The molecule has 0 aliphatic heterocycles. The van der Waals surface area contributed by atoms with Gasteiger partial charge >= 0.3 is 0 Å². The van der Waals surface area contributed by atoms with Gasteiger partial charge in [-0.1, -0.05) is 30.3 Å². The fourth-order valence-electron chi connectivity index (χ4n) is 2.11. The molecule has 0 amide bonds. The molecule has 0 aliphatic carbocycles. The molecule has 2 aromatic heterocycles. The third-order valence-electron chi connectivity index (χ3n) is 3.23. The van der Waals surface area contributed by atoms with Crippen molar-refractivity contribution in [2.24, 2.45) is 0 Å². The van der Waals surface area contributed by atoms with E-state index < -0.39 is 0 Å². The van der Waals surface area contributed by atoms with E-state index in [-0.39, 0.29) is 0 Å². The van der Waals surface area contributed by atoms with E-state index in [4.69, 9.17) is 4.98 Å². The van der Waals surface area contributed by atoms with Gasteiger partial charge in [0.1, 0.15) is 5.82 Å². The lowest BCUT2D eigenvalue weighted by Gasteiger charge is -2.11. The molecule has 2 heterocycles. The molecule has 21 heavy (non-hydrogen) atoms. The minimum Gasteiger partial charge on any atom is -0.372 e. The van der Waals surface area contributed by atoms with E-state index in [1.165, 1.54) is 5.56 Å². The minimum absolute atomic E-state index is 0.775. The van der Waals surface area contributed by atoms with Crippen molar-refractivity contribution in [2.75, 3.05) is 12.4 Å². The second-order valence-corrected chi connectivity index (χ2v) is 6.47. The van der Waals surface area contributed by atoms with Gasteiger partial charge in [-0.2, -0.15) is 11.3 Å². The smallest absolute Gasteiger partial charge is 0.163 e. The molecule has 1 N–H and O–H groups in total. The molecule has 0 bridgehead atoms. The number of aromatic nitrogens is 2. The average molecular weight is 407 g/mol. The molecule has 1 aromatic carbocycles. The van der Waals surface area contributed by atoms with Crippen molar-refractivity contribution in [1.29, 1.82) is 0 Å². The number of nitrogens with one attached hydrogen (secondary N) is 1. The maximum Gasteiger partial charge on any atom is 0.163 e. The molecular formula is C16H14IN3S. The molecule has 0 unspecified atom stereocenters. The normalized spacial score (nSPS) is 10.6. The molecule has 5 heteroatoms. The van der Waals surface area contributed by atoms with E-state index in [0.717, 1.165) is 32.0 Å². The number of nitrogens with zero attached hydrogens (tertiary/aromatic N) is 2. The van der Waals surface area contributed by atoms with Crippen LogP contribution in [-0.4, -0.2) is 17.0 Å². The number of hydrogen-bond donors (Lipinski definition) is 1. The summed E-state index contributed by atoms with van der Waals surface area (Å²) in [4.78, 5) is 9.46. The summed E-state index contributed by atoms with van der Waals surface area (Å²) in [5.41, 5.74) is 4.39. The first-order valence-corrected chi connectivity index (χ1v) is 8.56. The zero-order chi connectivity index (χ0) is 14.8. The summed E-state index contributed by atoms with van der Waals surface area (Å²) in [5.74, 6) is 1.64. The second kappa shape index (κ2) is 6.11. The third kappa shape index (κ3) is 2.80. The Morgan fingerprint density at radius 3 is 2.48 bits per heavy atom. The highest BCUT2D eigenvalue weighted by Gasteiger charge is 2.15. The highest BCUT2D eigenvalue weighted by atomic mass is 127. The van der Waals surface area contributed by atoms with Gasteiger partial charge in [0.25, 0.3) is 0 Å². The molecule has 106 valence electrons. The summed E-state index contributed by atoms with van der Waals surface area (Å²) in [7, 11) is 1.89. The van der Waals surface area contributed by atoms with Gasteiger partial charge < -0.3 is 5.32 Å². The number of rotatable bonds is 3. The molecule has 0 saturated carbocycles. The molecule has 3 aromatic rings. The monoisotopic (exact) mass is 407 g/mol. The maximum absolute atomic E-state index is 4.80. The summed E-state index contributed by atoms with van der Waals surface area (Å²) in [6.07, 6.45) is 0. The van der Waals surface area contributed by atoms with Crippen molar-refractivity contribution in [3.63, 3.8) is 0 Å². The van der Waals surface area contributed by atoms with Crippen LogP contribution in [0.25, 0.3) is 22.6 Å². The zero-order valence-electron chi connectivity index (χ0n) is 11.7. The van der Waals surface area contributed by atoms with E-state index in [1.54, 1.807) is 11.3 Å². The number of hydrogen-bond acceptors (Lipinski definition) is 4. The van der Waals surface area contributed by atoms with E-state index in [2.05, 4.69) is 62.7 Å². The molecule has 0 aliphatic rings. The number of anilines is 1. The van der Waals surface area contributed by atoms with Crippen LogP contribution in [0, 0.1) is 10.5 Å². The standard InChI is InChI=1S/C16H14IN3S/c1-10-8-21-9-12(10)15-19-14(11-6-4-3-5-7-11)13(17)16(18-2)20-15/h3-9H,1-2H3,(H,18,19,20). The molecule has 0 saturated heterocycles. The average Bonchev–Trinajstić information content (AvgIpc) is 2.94. The van der Waals surface area contributed by atoms with Gasteiger partial charge in [-0.05, 0) is 40.5 Å². The molecule has 0 fully saturated rings. The van der Waals surface area contributed by atoms with Gasteiger partial charge in [-0.15, -0.1) is 0 Å². The Morgan fingerprint density at radius 1 is 1.10 bits per heavy atom. The maximum atomic E-state index is 4.80. The van der Waals surface area contributed by atoms with Gasteiger partial charge in [0, 0.05) is 23.6 Å². The number of halogens is 1. The molecule has 3 rings (SSSR count). The van der Waals surface area contributed by atoms with Crippen molar-refractivity contribution >= 4 is 39.7 Å². The van der Waals surface area contributed by atoms with E-state index >= 15 is 0 Å². The highest BCUT2D eigenvalue weighted by Crippen LogP contribution is 2.32. The molecule has 0 spiro atoms. The number of benzene rings is 1. The lowest BCUT2D eigenvalue weighted by Crippen LogP contribution is -2.03. The van der Waals surface area contributed by atoms with E-state index in [9.17, 15) is 0 Å². The molecular weight excluding hydrogens is 393 g/mol. The van der Waals surface area contributed by atoms with Crippen LogP contribution in [0.1, 0.15) is 5.56 Å². The largest absolute Gasteiger partial charge is 0.372 e. The first-order valence-electron chi connectivity index (χ1n) is 6.54. The summed E-state index contributed by atoms with van der Waals surface area (Å²) in [6, 6.07) is 10.2. The van der Waals surface area contributed by atoms with Gasteiger partial charge in [0.15, 0.2) is 5.82 Å². The summed E-state index contributed by atoms with van der Waals surface area (Å²) in [5, 5.41) is 7.40. The highest BCUT2D eigenvalue weighted by molar-refractivity contribution is 14.1. The van der Waals surface area contributed by atoms with Crippen molar-refractivity contribution < 1.29 is 0 Å². The first kappa shape index (κ1) is 14.5. The lowest BCUT2D eigenvalue weighted by atomic mass is 10.1.